The lowest BCUT2D eigenvalue weighted by Gasteiger charge is -1.96. The summed E-state index contributed by atoms with van der Waals surface area (Å²) < 4.78 is 0. The highest BCUT2D eigenvalue weighted by Crippen LogP contribution is 1.84. The Morgan fingerprint density at radius 2 is 2.67 bits per heavy atom. The quantitative estimate of drug-likeness (QED) is 0.351. The lowest BCUT2D eigenvalue weighted by molar-refractivity contribution is 0.724. The predicted molar refractivity (Wildman–Crippen MR) is 26.5 cm³/mol. The Morgan fingerprint density at radius 1 is 1.83 bits per heavy atom. The first kappa shape index (κ1) is 3.80. The minimum atomic E-state index is -0.0370. The van der Waals surface area contributed by atoms with Crippen molar-refractivity contribution in [1.29, 1.82) is 0 Å². The summed E-state index contributed by atoms with van der Waals surface area (Å²) in [6.07, 6.45) is 2.46. The van der Waals surface area contributed by atoms with Crippen LogP contribution in [0.3, 0.4) is 0 Å². The zero-order valence-electron chi connectivity index (χ0n) is 2.97. The average molecular weight is 102 g/mol. The van der Waals surface area contributed by atoms with Crippen LogP contribution in [-0.2, 0) is 0 Å². The van der Waals surface area contributed by atoms with Crippen LogP contribution in [0, 0.1) is 0 Å². The zero-order chi connectivity index (χ0) is 4.41. The number of nitrogens with zero attached hydrogens (tertiary/aromatic N) is 1. The molecule has 1 heterocycles. The van der Waals surface area contributed by atoms with Crippen molar-refractivity contribution in [2.45, 2.75) is 5.50 Å². The Labute approximate surface area is 41.2 Å². The first-order chi connectivity index (χ1) is 2.89. The number of hydrogen-bond acceptors (Lipinski definition) is 4. The molecule has 0 aromatic heterocycles. The van der Waals surface area contributed by atoms with Crippen LogP contribution < -0.4 is 10.7 Å². The fourth-order valence-corrected chi connectivity index (χ4v) is 0.335. The summed E-state index contributed by atoms with van der Waals surface area (Å²) in [7, 11) is 0. The van der Waals surface area contributed by atoms with Crippen LogP contribution in [0.5, 0.6) is 0 Å². The first-order valence-electron chi connectivity index (χ1n) is 1.53. The molecule has 3 nitrogen and oxygen atoms in total. The van der Waals surface area contributed by atoms with E-state index in [9.17, 15) is 0 Å². The number of thiol groups is 1. The van der Waals surface area contributed by atoms with Gasteiger partial charge in [0.05, 0.1) is 0 Å². The third-order valence-electron chi connectivity index (χ3n) is 0.444. The molecule has 0 bridgehead atoms. The Hall–Kier alpha value is -0.380. The molecule has 1 aliphatic heterocycles. The van der Waals surface area contributed by atoms with Gasteiger partial charge in [0, 0.05) is 0 Å². The molecule has 1 rings (SSSR count). The molecule has 4 heteroatoms. The highest BCUT2D eigenvalue weighted by Gasteiger charge is 1.98. The molecular formula is C2H4N3S. The van der Waals surface area contributed by atoms with Crippen LogP contribution in [0.1, 0.15) is 0 Å². The van der Waals surface area contributed by atoms with Crippen LogP contribution in [0.15, 0.2) is 5.10 Å². The van der Waals surface area contributed by atoms with Crippen molar-refractivity contribution >= 4 is 19.0 Å². The van der Waals surface area contributed by atoms with Gasteiger partial charge in [0.25, 0.3) is 0 Å². The molecule has 1 radical (unpaired) electrons. The first-order valence-corrected chi connectivity index (χ1v) is 2.05. The van der Waals surface area contributed by atoms with Gasteiger partial charge in [0.2, 0.25) is 0 Å². The predicted octanol–water partition coefficient (Wildman–Crippen LogP) is -0.787. The van der Waals surface area contributed by atoms with E-state index in [1.807, 2.05) is 0 Å². The normalized spacial score (nSPS) is 29.2. The Bertz CT molecular complexity index is 63.2. The van der Waals surface area contributed by atoms with Gasteiger partial charge in [-0.3, -0.25) is 5.43 Å². The minimum Gasteiger partial charge on any atom is -0.336 e. The monoisotopic (exact) mass is 102 g/mol. The number of hydrazone groups is 1. The maximum atomic E-state index is 3.91. The van der Waals surface area contributed by atoms with Gasteiger partial charge >= 0.3 is 0 Å². The van der Waals surface area contributed by atoms with E-state index in [1.54, 1.807) is 0 Å². The lowest BCUT2D eigenvalue weighted by atomic mass is 11.1. The zero-order valence-corrected chi connectivity index (χ0v) is 3.87. The average Bonchev–Trinajstić information content (AvgIpc) is 1.86. The van der Waals surface area contributed by atoms with Gasteiger partial charge in [-0.2, -0.15) is 5.10 Å². The van der Waals surface area contributed by atoms with Crippen molar-refractivity contribution in [1.82, 2.24) is 10.7 Å². The fourth-order valence-electron chi connectivity index (χ4n) is 0.219. The molecule has 33 valence electrons. The topological polar surface area (TPSA) is 36.4 Å². The van der Waals surface area contributed by atoms with Crippen molar-refractivity contribution in [2.24, 2.45) is 5.10 Å². The van der Waals surface area contributed by atoms with E-state index in [4.69, 9.17) is 0 Å². The van der Waals surface area contributed by atoms with Crippen LogP contribution in [-0.4, -0.2) is 11.8 Å². The minimum absolute atomic E-state index is 0.0370. The molecule has 2 N–H and O–H groups in total. The Balaban J connectivity index is 2.32. The summed E-state index contributed by atoms with van der Waals surface area (Å²) in [6.45, 7) is 0. The summed E-state index contributed by atoms with van der Waals surface area (Å²) in [5.74, 6) is 0. The van der Waals surface area contributed by atoms with Crippen molar-refractivity contribution in [3.05, 3.63) is 0 Å². The second-order valence-electron chi connectivity index (χ2n) is 0.900. The molecule has 0 saturated heterocycles. The summed E-state index contributed by atoms with van der Waals surface area (Å²) in [5.41, 5.74) is 2.55. The van der Waals surface area contributed by atoms with E-state index in [1.165, 1.54) is 0 Å². The largest absolute Gasteiger partial charge is 0.336 e. The molecule has 0 aliphatic carbocycles. The number of rotatable bonds is 0. The molecule has 1 atom stereocenters. The highest BCUT2D eigenvalue weighted by atomic mass is 32.1. The molecule has 1 aliphatic rings. The van der Waals surface area contributed by atoms with Crippen molar-refractivity contribution in [3.8, 4) is 0 Å². The van der Waals surface area contributed by atoms with Gasteiger partial charge in [0.15, 0.2) is 11.8 Å². The highest BCUT2D eigenvalue weighted by molar-refractivity contribution is 7.80. The summed E-state index contributed by atoms with van der Waals surface area (Å²) in [5, 5.41) is 6.13. The molecular weight excluding hydrogens is 98.1 g/mol. The molecule has 0 amide bonds. The molecule has 0 saturated carbocycles. The van der Waals surface area contributed by atoms with Crippen LogP contribution in [0.4, 0.5) is 0 Å². The number of nitrogens with one attached hydrogen (secondary N) is 2. The Kier molecular flexibility index (Phi) is 0.874. The summed E-state index contributed by atoms with van der Waals surface area (Å²) >= 11 is 3.91. The van der Waals surface area contributed by atoms with Gasteiger partial charge in [0.1, 0.15) is 0 Å². The third-order valence-corrected chi connectivity index (χ3v) is 0.689. The van der Waals surface area contributed by atoms with E-state index >= 15 is 0 Å². The maximum Gasteiger partial charge on any atom is 0.192 e. The molecule has 6 heavy (non-hydrogen) atoms. The standard InChI is InChI=1S/C2H4N3S/c6-2-3-1-4-5-2/h2,5-6H,(H,3,4). The van der Waals surface area contributed by atoms with Crippen molar-refractivity contribution < 1.29 is 0 Å². The lowest BCUT2D eigenvalue weighted by Crippen LogP contribution is -2.24. The maximum absolute atomic E-state index is 3.91. The second kappa shape index (κ2) is 1.38. The van der Waals surface area contributed by atoms with Crippen LogP contribution in [0.2, 0.25) is 0 Å². The van der Waals surface area contributed by atoms with E-state index < -0.39 is 0 Å². The number of hydrogen-bond donors (Lipinski definition) is 3. The Morgan fingerprint density at radius 3 is 2.83 bits per heavy atom. The van der Waals surface area contributed by atoms with E-state index in [-0.39, 0.29) is 5.50 Å². The van der Waals surface area contributed by atoms with Gasteiger partial charge < -0.3 is 5.32 Å². The summed E-state index contributed by atoms with van der Waals surface area (Å²) in [6, 6.07) is 0. The van der Waals surface area contributed by atoms with Gasteiger partial charge in [-0.05, 0) is 0 Å². The smallest absolute Gasteiger partial charge is 0.192 e. The van der Waals surface area contributed by atoms with Crippen molar-refractivity contribution in [3.63, 3.8) is 0 Å². The van der Waals surface area contributed by atoms with Crippen molar-refractivity contribution in [2.75, 3.05) is 0 Å². The summed E-state index contributed by atoms with van der Waals surface area (Å²) in [4.78, 5) is 0. The third kappa shape index (κ3) is 0.567. The molecule has 0 aromatic rings. The van der Waals surface area contributed by atoms with Crippen LogP contribution in [0.25, 0.3) is 0 Å². The molecule has 0 fully saturated rings. The van der Waals surface area contributed by atoms with Gasteiger partial charge in [-0.25, -0.2) is 0 Å². The molecule has 0 spiro atoms. The van der Waals surface area contributed by atoms with E-state index in [0.29, 0.717) is 0 Å². The fraction of sp³-hybridized carbons (Fsp3) is 0.500. The van der Waals surface area contributed by atoms with Crippen LogP contribution >= 0.6 is 12.6 Å². The molecule has 1 unspecified atom stereocenters. The van der Waals surface area contributed by atoms with Gasteiger partial charge in [-0.15, -0.1) is 12.6 Å². The second-order valence-corrected chi connectivity index (χ2v) is 1.42. The van der Waals surface area contributed by atoms with E-state index in [0.717, 1.165) is 0 Å². The van der Waals surface area contributed by atoms with Gasteiger partial charge in [-0.1, -0.05) is 0 Å². The SMILES string of the molecule is SC1N[C]=NN1. The molecule has 0 aromatic carbocycles. The van der Waals surface area contributed by atoms with E-state index in [2.05, 4.69) is 34.8 Å².